The van der Waals surface area contributed by atoms with Gasteiger partial charge in [-0.25, -0.2) is 23.1 Å². The van der Waals surface area contributed by atoms with E-state index in [1.54, 1.807) is 0 Å². The minimum Gasteiger partial charge on any atom is -0.234 e. The third kappa shape index (κ3) is 3.34. The molecule has 1 aliphatic carbocycles. The summed E-state index contributed by atoms with van der Waals surface area (Å²) in [6.45, 7) is 2.20. The van der Waals surface area contributed by atoms with Crippen LogP contribution in [-0.4, -0.2) is 0 Å². The Balaban J connectivity index is 0.00000182. The topological polar surface area (TPSA) is 3.88 Å². The van der Waals surface area contributed by atoms with Gasteiger partial charge in [-0.2, -0.15) is 5.56 Å². The number of nitrogens with zero attached hydrogens (tertiary/aromatic N) is 1. The molecule has 0 fully saturated rings. The smallest absolute Gasteiger partial charge is 0.234 e. The van der Waals surface area contributed by atoms with E-state index < -0.39 is 0 Å². The van der Waals surface area contributed by atoms with Crippen LogP contribution < -0.4 is 4.57 Å². The van der Waals surface area contributed by atoms with Gasteiger partial charge >= 0.3 is 21.1 Å². The second-order valence-electron chi connectivity index (χ2n) is 6.30. The fourth-order valence-corrected chi connectivity index (χ4v) is 3.37. The third-order valence-electron chi connectivity index (χ3n) is 4.76. The average Bonchev–Trinajstić information content (AvgIpc) is 2.64. The maximum Gasteiger partial charge on any atom is 2.00 e. The summed E-state index contributed by atoms with van der Waals surface area (Å²) in [5, 5.41) is 2.59. The van der Waals surface area contributed by atoms with Gasteiger partial charge in [-0.3, -0.25) is 0 Å². The zero-order chi connectivity index (χ0) is 16.5. The number of fused-ring (bicyclic) bond motifs is 1. The summed E-state index contributed by atoms with van der Waals surface area (Å²) in [6, 6.07) is 18.8. The van der Waals surface area contributed by atoms with Gasteiger partial charge in [-0.15, -0.1) is 24.3 Å². The summed E-state index contributed by atoms with van der Waals surface area (Å²) in [5.41, 5.74) is 4.89. The molecule has 0 radical (unpaired) electrons. The standard InChI is InChI=1S/C23H20N.W/c1-17-21-11-7-6-10-19(21)12-13-22(17)23-16-20(14-15-24(23)2)18-8-4-3-5-9-18;/h3-15,18H,1-2H3;/q-1;+2. The first kappa shape index (κ1) is 17.7. The minimum atomic E-state index is 0. The zero-order valence-corrected chi connectivity index (χ0v) is 17.4. The van der Waals surface area contributed by atoms with E-state index in [-0.39, 0.29) is 21.1 Å². The first-order valence-electron chi connectivity index (χ1n) is 8.33. The molecule has 1 unspecified atom stereocenters. The quantitative estimate of drug-likeness (QED) is 0.355. The second-order valence-corrected chi connectivity index (χ2v) is 6.30. The molecule has 0 amide bonds. The Morgan fingerprint density at radius 3 is 2.68 bits per heavy atom. The van der Waals surface area contributed by atoms with Crippen LogP contribution in [0.25, 0.3) is 22.0 Å². The second kappa shape index (κ2) is 7.42. The van der Waals surface area contributed by atoms with Crippen molar-refractivity contribution in [1.82, 2.24) is 0 Å². The van der Waals surface area contributed by atoms with Crippen LogP contribution in [0.1, 0.15) is 17.0 Å². The van der Waals surface area contributed by atoms with Crippen LogP contribution in [0.2, 0.25) is 0 Å². The molecule has 0 saturated heterocycles. The fraction of sp³-hybridized carbons (Fsp3) is 0.130. The number of pyridine rings is 1. The summed E-state index contributed by atoms with van der Waals surface area (Å²) in [6.07, 6.45) is 12.8. The largest absolute Gasteiger partial charge is 2.00 e. The van der Waals surface area contributed by atoms with Gasteiger partial charge in [0, 0.05) is 0 Å². The van der Waals surface area contributed by atoms with E-state index in [0.29, 0.717) is 5.92 Å². The van der Waals surface area contributed by atoms with Crippen LogP contribution in [0.4, 0.5) is 0 Å². The van der Waals surface area contributed by atoms with Crippen LogP contribution in [0, 0.1) is 19.4 Å². The van der Waals surface area contributed by atoms with E-state index in [0.717, 1.165) is 5.69 Å². The summed E-state index contributed by atoms with van der Waals surface area (Å²) in [5.74, 6) is 0.302. The van der Waals surface area contributed by atoms with Crippen molar-refractivity contribution in [3.63, 3.8) is 0 Å². The van der Waals surface area contributed by atoms with E-state index in [9.17, 15) is 0 Å². The Hall–Kier alpha value is -2.11. The molecule has 0 bridgehead atoms. The number of aromatic nitrogens is 1. The minimum absolute atomic E-state index is 0. The molecule has 1 aromatic heterocycles. The van der Waals surface area contributed by atoms with Crippen LogP contribution in [-0.2, 0) is 28.1 Å². The Kier molecular flexibility index (Phi) is 5.25. The molecule has 122 valence electrons. The Labute approximate surface area is 164 Å². The molecule has 2 heteroatoms. The predicted octanol–water partition coefficient (Wildman–Crippen LogP) is 4.85. The molecule has 1 nitrogen and oxygen atoms in total. The summed E-state index contributed by atoms with van der Waals surface area (Å²) < 4.78 is 2.16. The van der Waals surface area contributed by atoms with E-state index in [1.807, 2.05) is 0 Å². The molecular weight excluding hydrogens is 474 g/mol. The normalized spacial score (nSPS) is 15.7. The molecule has 0 N–H and O–H groups in total. The molecule has 0 saturated carbocycles. The first-order chi connectivity index (χ1) is 11.7. The monoisotopic (exact) mass is 494 g/mol. The van der Waals surface area contributed by atoms with Gasteiger partial charge in [0.05, 0.1) is 0 Å². The molecule has 1 atom stereocenters. The molecular formula is C23H20NW+. The number of hydrogen-bond donors (Lipinski definition) is 0. The molecule has 0 aliphatic heterocycles. The van der Waals surface area contributed by atoms with Crippen LogP contribution in [0.5, 0.6) is 0 Å². The van der Waals surface area contributed by atoms with Crippen molar-refractivity contribution in [2.24, 2.45) is 7.05 Å². The first-order valence-corrected chi connectivity index (χ1v) is 8.33. The van der Waals surface area contributed by atoms with Gasteiger partial charge < -0.3 is 0 Å². The predicted molar refractivity (Wildman–Crippen MR) is 99.5 cm³/mol. The van der Waals surface area contributed by atoms with Gasteiger partial charge in [0.15, 0.2) is 0 Å². The zero-order valence-electron chi connectivity index (χ0n) is 14.4. The van der Waals surface area contributed by atoms with Crippen molar-refractivity contribution < 1.29 is 25.6 Å². The molecule has 1 aliphatic rings. The van der Waals surface area contributed by atoms with Crippen molar-refractivity contribution in [2.45, 2.75) is 12.8 Å². The molecule has 25 heavy (non-hydrogen) atoms. The third-order valence-corrected chi connectivity index (χ3v) is 4.76. The van der Waals surface area contributed by atoms with Crippen molar-refractivity contribution in [3.8, 4) is 11.3 Å². The van der Waals surface area contributed by atoms with Gasteiger partial charge in [-0.05, 0) is 23.3 Å². The summed E-state index contributed by atoms with van der Waals surface area (Å²) in [4.78, 5) is 0. The molecule has 1 heterocycles. The van der Waals surface area contributed by atoms with E-state index in [2.05, 4.69) is 104 Å². The molecule has 0 spiro atoms. The summed E-state index contributed by atoms with van der Waals surface area (Å²) in [7, 11) is 2.09. The van der Waals surface area contributed by atoms with E-state index >= 15 is 0 Å². The van der Waals surface area contributed by atoms with Crippen molar-refractivity contribution >= 4 is 10.8 Å². The number of aryl methyl sites for hydroxylation is 2. The number of allylic oxidation sites excluding steroid dienone is 4. The Morgan fingerprint density at radius 2 is 1.88 bits per heavy atom. The molecule has 2 aromatic carbocycles. The number of rotatable bonds is 2. The maximum atomic E-state index is 3.65. The Bertz CT molecular complexity index is 969. The molecule has 3 aromatic rings. The Morgan fingerprint density at radius 1 is 1.04 bits per heavy atom. The number of benzene rings is 2. The van der Waals surface area contributed by atoms with E-state index in [4.69, 9.17) is 0 Å². The van der Waals surface area contributed by atoms with Crippen LogP contribution in [0.15, 0.2) is 73.0 Å². The summed E-state index contributed by atoms with van der Waals surface area (Å²) >= 11 is 0. The van der Waals surface area contributed by atoms with Crippen molar-refractivity contribution in [2.75, 3.05) is 0 Å². The van der Waals surface area contributed by atoms with Crippen molar-refractivity contribution in [1.29, 1.82) is 0 Å². The maximum absolute atomic E-state index is 3.65. The van der Waals surface area contributed by atoms with Crippen LogP contribution in [0.3, 0.4) is 0 Å². The van der Waals surface area contributed by atoms with Crippen LogP contribution >= 0.6 is 0 Å². The van der Waals surface area contributed by atoms with Gasteiger partial charge in [0.2, 0.25) is 0 Å². The van der Waals surface area contributed by atoms with Crippen molar-refractivity contribution in [3.05, 3.63) is 96.6 Å². The van der Waals surface area contributed by atoms with Gasteiger partial charge in [0.1, 0.15) is 18.9 Å². The molecule has 4 rings (SSSR count). The fourth-order valence-electron chi connectivity index (χ4n) is 3.37. The number of hydrogen-bond acceptors (Lipinski definition) is 0. The van der Waals surface area contributed by atoms with Gasteiger partial charge in [0.25, 0.3) is 0 Å². The van der Waals surface area contributed by atoms with Gasteiger partial charge in [-0.1, -0.05) is 47.9 Å². The average molecular weight is 494 g/mol. The SMILES string of the molecule is Cc1c(-c2[c-]c(C3C=CC=C[CH-]3)cc[n+]2C)ccc2ccccc12.[W+2]. The van der Waals surface area contributed by atoms with E-state index in [1.165, 1.54) is 27.5 Å².